The van der Waals surface area contributed by atoms with Gasteiger partial charge in [0.05, 0.1) is 11.5 Å². The van der Waals surface area contributed by atoms with Crippen LogP contribution in [0, 0.1) is 10.1 Å². The lowest BCUT2D eigenvalue weighted by Crippen LogP contribution is -2.49. The highest BCUT2D eigenvalue weighted by Crippen LogP contribution is 2.20. The smallest absolute Gasteiger partial charge is 0.354 e. The second-order valence-corrected chi connectivity index (χ2v) is 4.51. The third-order valence-corrected chi connectivity index (χ3v) is 3.04. The third kappa shape index (κ3) is 3.80. The molecule has 1 aromatic heterocycles. The van der Waals surface area contributed by atoms with Gasteiger partial charge in [-0.15, -0.1) is 0 Å². The van der Waals surface area contributed by atoms with Crippen molar-refractivity contribution >= 4 is 11.5 Å². The van der Waals surface area contributed by atoms with E-state index in [-0.39, 0.29) is 18.8 Å². The lowest BCUT2D eigenvalue weighted by molar-refractivity contribution is -0.385. The number of piperazine rings is 1. The summed E-state index contributed by atoms with van der Waals surface area (Å²) in [5.74, 6) is 0.544. The second-order valence-electron chi connectivity index (χ2n) is 4.51. The standard InChI is InChI=1S/C11H13F3N4O2/c12-11(13,14)8-16-3-5-17(6-4-16)10-2-1-9(7-15-10)18(19)20/h1-2,7H,3-6,8H2. The minimum atomic E-state index is -4.19. The first-order valence-corrected chi connectivity index (χ1v) is 6.00. The Balaban J connectivity index is 1.92. The maximum atomic E-state index is 12.2. The summed E-state index contributed by atoms with van der Waals surface area (Å²) in [5, 5.41) is 10.5. The van der Waals surface area contributed by atoms with E-state index >= 15 is 0 Å². The van der Waals surface area contributed by atoms with Crippen LogP contribution >= 0.6 is 0 Å². The number of nitro groups is 1. The molecular formula is C11H13F3N4O2. The highest BCUT2D eigenvalue weighted by atomic mass is 19.4. The minimum absolute atomic E-state index is 0.107. The number of pyridine rings is 1. The first-order chi connectivity index (χ1) is 9.35. The molecule has 6 nitrogen and oxygen atoms in total. The molecule has 2 rings (SSSR count). The fourth-order valence-corrected chi connectivity index (χ4v) is 2.06. The Labute approximate surface area is 113 Å². The van der Waals surface area contributed by atoms with Crippen molar-refractivity contribution in [2.75, 3.05) is 37.6 Å². The normalized spacial score (nSPS) is 17.2. The van der Waals surface area contributed by atoms with Crippen LogP contribution in [0.4, 0.5) is 24.7 Å². The predicted octanol–water partition coefficient (Wildman–Crippen LogP) is 1.67. The molecule has 0 bridgehead atoms. The van der Waals surface area contributed by atoms with Crippen molar-refractivity contribution in [3.63, 3.8) is 0 Å². The Morgan fingerprint density at radius 3 is 2.35 bits per heavy atom. The molecule has 2 heterocycles. The molecule has 1 saturated heterocycles. The summed E-state index contributed by atoms with van der Waals surface area (Å²) in [7, 11) is 0. The van der Waals surface area contributed by atoms with Gasteiger partial charge in [0.25, 0.3) is 5.69 Å². The molecule has 20 heavy (non-hydrogen) atoms. The molecule has 1 aliphatic heterocycles. The molecule has 0 unspecified atom stereocenters. The van der Waals surface area contributed by atoms with Gasteiger partial charge in [-0.25, -0.2) is 4.98 Å². The lowest BCUT2D eigenvalue weighted by Gasteiger charge is -2.35. The van der Waals surface area contributed by atoms with Crippen LogP contribution in [0.25, 0.3) is 0 Å². The van der Waals surface area contributed by atoms with Gasteiger partial charge in [-0.05, 0) is 6.07 Å². The molecule has 0 amide bonds. The van der Waals surface area contributed by atoms with Gasteiger partial charge in [-0.3, -0.25) is 15.0 Å². The van der Waals surface area contributed by atoms with Crippen molar-refractivity contribution in [2.45, 2.75) is 6.18 Å². The zero-order valence-electron chi connectivity index (χ0n) is 10.5. The van der Waals surface area contributed by atoms with Gasteiger partial charge >= 0.3 is 6.18 Å². The van der Waals surface area contributed by atoms with Crippen molar-refractivity contribution in [3.8, 4) is 0 Å². The van der Waals surface area contributed by atoms with E-state index in [1.165, 1.54) is 17.0 Å². The first kappa shape index (κ1) is 14.5. The van der Waals surface area contributed by atoms with Gasteiger partial charge in [0, 0.05) is 32.2 Å². The van der Waals surface area contributed by atoms with Crippen molar-refractivity contribution in [2.24, 2.45) is 0 Å². The summed E-state index contributed by atoms with van der Waals surface area (Å²) in [6.45, 7) is 0.507. The van der Waals surface area contributed by atoms with E-state index in [4.69, 9.17) is 0 Å². The van der Waals surface area contributed by atoms with E-state index in [2.05, 4.69) is 4.98 Å². The van der Waals surface area contributed by atoms with E-state index < -0.39 is 17.6 Å². The summed E-state index contributed by atoms with van der Waals surface area (Å²) in [6, 6.07) is 2.85. The van der Waals surface area contributed by atoms with Crippen molar-refractivity contribution < 1.29 is 18.1 Å². The van der Waals surface area contributed by atoms with Crippen LogP contribution in [-0.2, 0) is 0 Å². The molecule has 110 valence electrons. The number of hydrogen-bond donors (Lipinski definition) is 0. The first-order valence-electron chi connectivity index (χ1n) is 6.00. The molecule has 1 fully saturated rings. The van der Waals surface area contributed by atoms with E-state index in [1.54, 1.807) is 0 Å². The van der Waals surface area contributed by atoms with Gasteiger partial charge < -0.3 is 4.90 Å². The van der Waals surface area contributed by atoms with E-state index in [1.807, 2.05) is 4.90 Å². The monoisotopic (exact) mass is 290 g/mol. The predicted molar refractivity (Wildman–Crippen MR) is 65.6 cm³/mol. The number of rotatable bonds is 3. The molecule has 0 saturated carbocycles. The maximum absolute atomic E-state index is 12.2. The van der Waals surface area contributed by atoms with Gasteiger partial charge in [0.15, 0.2) is 0 Å². The van der Waals surface area contributed by atoms with E-state index in [0.717, 1.165) is 6.20 Å². The van der Waals surface area contributed by atoms with Crippen LogP contribution in [0.2, 0.25) is 0 Å². The largest absolute Gasteiger partial charge is 0.401 e. The Kier molecular flexibility index (Phi) is 4.07. The molecular weight excluding hydrogens is 277 g/mol. The summed E-state index contributed by atoms with van der Waals surface area (Å²) in [5.41, 5.74) is -0.107. The summed E-state index contributed by atoms with van der Waals surface area (Å²) in [6.07, 6.45) is -3.04. The molecule has 0 atom stereocenters. The third-order valence-electron chi connectivity index (χ3n) is 3.04. The summed E-state index contributed by atoms with van der Waals surface area (Å²) >= 11 is 0. The van der Waals surface area contributed by atoms with Crippen LogP contribution in [0.3, 0.4) is 0 Å². The number of anilines is 1. The number of hydrogen-bond acceptors (Lipinski definition) is 5. The average molecular weight is 290 g/mol. The summed E-state index contributed by atoms with van der Waals surface area (Å²) < 4.78 is 36.7. The Morgan fingerprint density at radius 1 is 1.25 bits per heavy atom. The maximum Gasteiger partial charge on any atom is 0.401 e. The SMILES string of the molecule is O=[N+]([O-])c1ccc(N2CCN(CC(F)(F)F)CC2)nc1. The molecule has 0 aromatic carbocycles. The Hall–Kier alpha value is -1.90. The molecule has 1 aliphatic rings. The van der Waals surface area contributed by atoms with Crippen LogP contribution in [0.15, 0.2) is 18.3 Å². The molecule has 0 radical (unpaired) electrons. The number of nitrogens with zero attached hydrogens (tertiary/aromatic N) is 4. The molecule has 0 aliphatic carbocycles. The van der Waals surface area contributed by atoms with E-state index in [9.17, 15) is 23.3 Å². The van der Waals surface area contributed by atoms with Crippen molar-refractivity contribution in [1.82, 2.24) is 9.88 Å². The van der Waals surface area contributed by atoms with Crippen LogP contribution in [0.1, 0.15) is 0 Å². The highest BCUT2D eigenvalue weighted by Gasteiger charge is 2.32. The second kappa shape index (κ2) is 5.61. The average Bonchev–Trinajstić information content (AvgIpc) is 2.38. The summed E-state index contributed by atoms with van der Waals surface area (Å²) in [4.78, 5) is 17.1. The zero-order chi connectivity index (χ0) is 14.8. The molecule has 0 spiro atoms. The fourth-order valence-electron chi connectivity index (χ4n) is 2.06. The van der Waals surface area contributed by atoms with Gasteiger partial charge in [-0.2, -0.15) is 13.2 Å². The van der Waals surface area contributed by atoms with Gasteiger partial charge in [-0.1, -0.05) is 0 Å². The molecule has 0 N–H and O–H groups in total. The molecule has 1 aromatic rings. The highest BCUT2D eigenvalue weighted by molar-refractivity contribution is 5.43. The fraction of sp³-hybridized carbons (Fsp3) is 0.545. The van der Waals surface area contributed by atoms with Crippen LogP contribution in [-0.4, -0.2) is 53.7 Å². The number of aromatic nitrogens is 1. The topological polar surface area (TPSA) is 62.5 Å². The van der Waals surface area contributed by atoms with Crippen LogP contribution in [0.5, 0.6) is 0 Å². The number of halogens is 3. The Morgan fingerprint density at radius 2 is 1.90 bits per heavy atom. The number of alkyl halides is 3. The van der Waals surface area contributed by atoms with Crippen molar-refractivity contribution in [1.29, 1.82) is 0 Å². The lowest BCUT2D eigenvalue weighted by atomic mass is 10.3. The van der Waals surface area contributed by atoms with Gasteiger partial charge in [0.1, 0.15) is 12.0 Å². The molecule has 9 heteroatoms. The minimum Gasteiger partial charge on any atom is -0.354 e. The van der Waals surface area contributed by atoms with Crippen LogP contribution < -0.4 is 4.90 Å². The van der Waals surface area contributed by atoms with Crippen molar-refractivity contribution in [3.05, 3.63) is 28.4 Å². The van der Waals surface area contributed by atoms with Gasteiger partial charge in [0.2, 0.25) is 0 Å². The quantitative estimate of drug-likeness (QED) is 0.626. The zero-order valence-corrected chi connectivity index (χ0v) is 10.5. The van der Waals surface area contributed by atoms with E-state index in [0.29, 0.717) is 18.9 Å². The Bertz CT molecular complexity index is 470.